The normalized spacial score (nSPS) is 12.3. The van der Waals surface area contributed by atoms with E-state index in [1.54, 1.807) is 23.5 Å². The van der Waals surface area contributed by atoms with Crippen LogP contribution in [-0.4, -0.2) is 109 Å². The van der Waals surface area contributed by atoms with E-state index in [1.165, 1.54) is 0 Å². The average molecular weight is 397 g/mol. The molecule has 0 aromatic heterocycles. The van der Waals surface area contributed by atoms with Gasteiger partial charge in [-0.05, 0) is 36.9 Å². The Kier molecular flexibility index (Phi) is 25.8. The van der Waals surface area contributed by atoms with Gasteiger partial charge in [0.2, 0.25) is 0 Å². The summed E-state index contributed by atoms with van der Waals surface area (Å²) in [5.41, 5.74) is 0. The Labute approximate surface area is 175 Å². The van der Waals surface area contributed by atoms with Crippen LogP contribution in [0.15, 0.2) is 0 Å². The molecular formula is C12H24CaN2O6S2. The molecular weight excluding hydrogens is 372 g/mol. The van der Waals surface area contributed by atoms with Crippen LogP contribution < -0.4 is 20.8 Å². The van der Waals surface area contributed by atoms with Gasteiger partial charge in [-0.2, -0.15) is 23.5 Å². The molecule has 0 fully saturated rings. The average Bonchev–Trinajstić information content (AvgIpc) is 2.48. The Morgan fingerprint density at radius 1 is 0.913 bits per heavy atom. The molecule has 0 aliphatic rings. The standard InChI is InChI=1S/2C6H13NO3S.Ca/c2*1-11-3-2-5(6(9)10)7-4-8;/h2*5,7-8H,2-4H2,1H3,(H,9,10);/q;;+2/p-2/t2*5-;/m11./s1. The minimum atomic E-state index is -1.16. The molecule has 0 heterocycles. The number of hydrogen-bond acceptors (Lipinski definition) is 10. The summed E-state index contributed by atoms with van der Waals surface area (Å²) in [6, 6.07) is -1.46. The number of carboxylic acids is 2. The van der Waals surface area contributed by atoms with Crippen molar-refractivity contribution >= 4 is 73.2 Å². The van der Waals surface area contributed by atoms with Crippen molar-refractivity contribution in [1.82, 2.24) is 10.6 Å². The fourth-order valence-corrected chi connectivity index (χ4v) is 2.24. The van der Waals surface area contributed by atoms with Crippen molar-refractivity contribution in [2.45, 2.75) is 24.9 Å². The van der Waals surface area contributed by atoms with Crippen LogP contribution in [0.2, 0.25) is 0 Å². The molecule has 0 amide bonds. The predicted molar refractivity (Wildman–Crippen MR) is 89.8 cm³/mol. The summed E-state index contributed by atoms with van der Waals surface area (Å²) in [5, 5.41) is 42.1. The SMILES string of the molecule is CSCC[C@@H](NCO)C(=O)[O-].CSCC[C@@H](NCO)C(=O)[O-].[Ca+2]. The van der Waals surface area contributed by atoms with Gasteiger partial charge in [0, 0.05) is 12.1 Å². The van der Waals surface area contributed by atoms with Crippen LogP contribution in [-0.2, 0) is 9.59 Å². The van der Waals surface area contributed by atoms with Crippen molar-refractivity contribution in [2.24, 2.45) is 0 Å². The van der Waals surface area contributed by atoms with Gasteiger partial charge in [0.25, 0.3) is 0 Å². The molecule has 132 valence electrons. The first-order valence-electron chi connectivity index (χ1n) is 6.52. The van der Waals surface area contributed by atoms with Crippen molar-refractivity contribution in [3.05, 3.63) is 0 Å². The summed E-state index contributed by atoms with van der Waals surface area (Å²) in [7, 11) is 0. The molecule has 8 nitrogen and oxygen atoms in total. The third-order valence-electron chi connectivity index (χ3n) is 2.47. The summed E-state index contributed by atoms with van der Waals surface area (Å²) < 4.78 is 0. The zero-order chi connectivity index (χ0) is 17.4. The third kappa shape index (κ3) is 18.9. The number of carbonyl (C=O) groups excluding carboxylic acids is 2. The molecule has 0 aromatic carbocycles. The van der Waals surface area contributed by atoms with Crippen molar-refractivity contribution in [2.75, 3.05) is 37.5 Å². The zero-order valence-corrected chi connectivity index (χ0v) is 17.3. The first kappa shape index (κ1) is 28.5. The fraction of sp³-hybridized carbons (Fsp3) is 0.833. The smallest absolute Gasteiger partial charge is 0.548 e. The van der Waals surface area contributed by atoms with Crippen molar-refractivity contribution in [3.63, 3.8) is 0 Å². The summed E-state index contributed by atoms with van der Waals surface area (Å²) in [6.45, 7) is -0.653. The zero-order valence-electron chi connectivity index (χ0n) is 13.4. The molecule has 0 unspecified atom stereocenters. The summed E-state index contributed by atoms with van der Waals surface area (Å²) >= 11 is 3.12. The van der Waals surface area contributed by atoms with Gasteiger partial charge in [-0.15, -0.1) is 0 Å². The number of carboxylic acid groups (broad SMARTS) is 2. The number of aliphatic hydroxyl groups excluding tert-OH is 2. The van der Waals surface area contributed by atoms with Gasteiger partial charge in [-0.1, -0.05) is 0 Å². The van der Waals surface area contributed by atoms with E-state index in [-0.39, 0.29) is 51.2 Å². The summed E-state index contributed by atoms with van der Waals surface area (Å²) in [6.07, 6.45) is 4.74. The molecule has 0 saturated carbocycles. The minimum absolute atomic E-state index is 0. The molecule has 0 aliphatic heterocycles. The van der Waals surface area contributed by atoms with Crippen LogP contribution in [0.1, 0.15) is 12.8 Å². The van der Waals surface area contributed by atoms with Crippen molar-refractivity contribution in [3.8, 4) is 0 Å². The van der Waals surface area contributed by atoms with Gasteiger partial charge in [0.05, 0.1) is 25.4 Å². The largest absolute Gasteiger partial charge is 2.00 e. The van der Waals surface area contributed by atoms with Crippen LogP contribution in [0.5, 0.6) is 0 Å². The number of carbonyl (C=O) groups is 2. The van der Waals surface area contributed by atoms with E-state index in [1.807, 2.05) is 12.5 Å². The molecule has 0 spiro atoms. The quantitative estimate of drug-likeness (QED) is 0.193. The van der Waals surface area contributed by atoms with Crippen LogP contribution in [0.4, 0.5) is 0 Å². The van der Waals surface area contributed by atoms with Crippen LogP contribution in [0.3, 0.4) is 0 Å². The summed E-state index contributed by atoms with van der Waals surface area (Å²) in [5.74, 6) is -0.835. The van der Waals surface area contributed by atoms with E-state index in [9.17, 15) is 19.8 Å². The number of hydrogen-bond donors (Lipinski definition) is 4. The third-order valence-corrected chi connectivity index (χ3v) is 3.75. The number of aliphatic carboxylic acids is 2. The van der Waals surface area contributed by atoms with Gasteiger partial charge in [-0.3, -0.25) is 10.6 Å². The molecule has 0 saturated heterocycles. The molecule has 11 heteroatoms. The maximum absolute atomic E-state index is 10.3. The molecule has 4 N–H and O–H groups in total. The van der Waals surface area contributed by atoms with Gasteiger partial charge in [0.15, 0.2) is 0 Å². The van der Waals surface area contributed by atoms with E-state index >= 15 is 0 Å². The Morgan fingerprint density at radius 2 is 1.22 bits per heavy atom. The van der Waals surface area contributed by atoms with E-state index in [2.05, 4.69) is 10.6 Å². The van der Waals surface area contributed by atoms with E-state index in [4.69, 9.17) is 10.2 Å². The second-order valence-electron chi connectivity index (χ2n) is 4.03. The predicted octanol–water partition coefficient (Wildman–Crippen LogP) is -3.59. The maximum atomic E-state index is 10.3. The van der Waals surface area contributed by atoms with E-state index in [0.717, 1.165) is 11.5 Å². The molecule has 23 heavy (non-hydrogen) atoms. The van der Waals surface area contributed by atoms with Crippen LogP contribution in [0, 0.1) is 0 Å². The molecule has 0 aromatic rings. The monoisotopic (exact) mass is 396 g/mol. The summed E-state index contributed by atoms with van der Waals surface area (Å²) in [4.78, 5) is 20.6. The topological polar surface area (TPSA) is 145 Å². The number of thioether (sulfide) groups is 2. The second kappa shape index (κ2) is 20.8. The first-order chi connectivity index (χ1) is 10.4. The Bertz CT molecular complexity index is 275. The van der Waals surface area contributed by atoms with Crippen molar-refractivity contribution in [1.29, 1.82) is 0 Å². The maximum Gasteiger partial charge on any atom is 2.00 e. The molecule has 2 atom stereocenters. The molecule has 0 aliphatic carbocycles. The number of aliphatic hydroxyl groups is 2. The van der Waals surface area contributed by atoms with Gasteiger partial charge < -0.3 is 30.0 Å². The van der Waals surface area contributed by atoms with Crippen LogP contribution in [0.25, 0.3) is 0 Å². The second-order valence-corrected chi connectivity index (χ2v) is 6.00. The molecule has 0 radical (unpaired) electrons. The number of nitrogens with one attached hydrogen (secondary N) is 2. The van der Waals surface area contributed by atoms with Gasteiger partial charge >= 0.3 is 37.7 Å². The van der Waals surface area contributed by atoms with Gasteiger partial charge in [-0.25, -0.2) is 0 Å². The Balaban J connectivity index is -0.000000333. The van der Waals surface area contributed by atoms with Crippen LogP contribution >= 0.6 is 23.5 Å². The minimum Gasteiger partial charge on any atom is -0.548 e. The van der Waals surface area contributed by atoms with Crippen molar-refractivity contribution < 1.29 is 30.0 Å². The van der Waals surface area contributed by atoms with E-state index < -0.39 is 24.0 Å². The first-order valence-corrected chi connectivity index (χ1v) is 9.31. The fourth-order valence-electron chi connectivity index (χ4n) is 1.30. The van der Waals surface area contributed by atoms with Gasteiger partial charge in [0.1, 0.15) is 0 Å². The molecule has 0 bridgehead atoms. The Morgan fingerprint density at radius 3 is 1.39 bits per heavy atom. The molecule has 0 rings (SSSR count). The Hall–Kier alpha value is 0.740. The van der Waals surface area contributed by atoms with E-state index in [0.29, 0.717) is 12.8 Å². The number of rotatable bonds is 12.